The molecular formula is C9H6BrN3. The molecule has 13 heavy (non-hydrogen) atoms. The van der Waals surface area contributed by atoms with Crippen molar-refractivity contribution < 1.29 is 0 Å². The Balaban J connectivity index is 2.48. The second-order valence-electron chi connectivity index (χ2n) is 2.42. The molecule has 0 aromatic carbocycles. The first-order chi connectivity index (χ1) is 6.36. The van der Waals surface area contributed by atoms with E-state index in [1.54, 1.807) is 18.5 Å². The van der Waals surface area contributed by atoms with E-state index in [-0.39, 0.29) is 0 Å². The summed E-state index contributed by atoms with van der Waals surface area (Å²) >= 11 is 3.29. The van der Waals surface area contributed by atoms with Crippen LogP contribution in [0.15, 0.2) is 41.3 Å². The van der Waals surface area contributed by atoms with Crippen LogP contribution < -0.4 is 0 Å². The maximum Gasteiger partial charge on any atom is 0.178 e. The van der Waals surface area contributed by atoms with Crippen molar-refractivity contribution in [3.05, 3.63) is 41.3 Å². The van der Waals surface area contributed by atoms with Crippen LogP contribution in [-0.2, 0) is 0 Å². The van der Waals surface area contributed by atoms with Gasteiger partial charge in [0, 0.05) is 12.4 Å². The van der Waals surface area contributed by atoms with Crippen LogP contribution in [0.3, 0.4) is 0 Å². The SMILES string of the molecule is Brc1cccc(-c2ncccn2)n1. The zero-order valence-corrected chi connectivity index (χ0v) is 8.27. The van der Waals surface area contributed by atoms with Gasteiger partial charge in [0.15, 0.2) is 5.82 Å². The topological polar surface area (TPSA) is 38.7 Å². The number of halogens is 1. The first-order valence-corrected chi connectivity index (χ1v) is 4.55. The van der Waals surface area contributed by atoms with Gasteiger partial charge in [0.05, 0.1) is 0 Å². The molecule has 0 unspecified atom stereocenters. The molecule has 2 aromatic rings. The quantitative estimate of drug-likeness (QED) is 0.713. The molecule has 0 amide bonds. The molecule has 2 heterocycles. The molecule has 0 atom stereocenters. The zero-order valence-electron chi connectivity index (χ0n) is 6.68. The van der Waals surface area contributed by atoms with Crippen LogP contribution in [0.4, 0.5) is 0 Å². The molecule has 0 saturated carbocycles. The van der Waals surface area contributed by atoms with Crippen LogP contribution in [0.5, 0.6) is 0 Å². The summed E-state index contributed by atoms with van der Waals surface area (Å²) in [6.07, 6.45) is 3.40. The van der Waals surface area contributed by atoms with Gasteiger partial charge in [-0.1, -0.05) is 6.07 Å². The van der Waals surface area contributed by atoms with Crippen molar-refractivity contribution in [1.82, 2.24) is 15.0 Å². The lowest BCUT2D eigenvalue weighted by molar-refractivity contribution is 1.13. The van der Waals surface area contributed by atoms with Crippen molar-refractivity contribution >= 4 is 15.9 Å². The van der Waals surface area contributed by atoms with Gasteiger partial charge in [-0.05, 0) is 34.1 Å². The number of nitrogens with zero attached hydrogens (tertiary/aromatic N) is 3. The number of pyridine rings is 1. The summed E-state index contributed by atoms with van der Waals surface area (Å²) in [5, 5.41) is 0. The molecule has 0 bridgehead atoms. The Morgan fingerprint density at radius 3 is 2.46 bits per heavy atom. The molecule has 0 aliphatic heterocycles. The standard InChI is InChI=1S/C9H6BrN3/c10-8-4-1-3-7(13-8)9-11-5-2-6-12-9/h1-6H. The van der Waals surface area contributed by atoms with Crippen LogP contribution >= 0.6 is 15.9 Å². The second-order valence-corrected chi connectivity index (χ2v) is 3.23. The summed E-state index contributed by atoms with van der Waals surface area (Å²) in [5.41, 5.74) is 0.773. The Morgan fingerprint density at radius 2 is 1.77 bits per heavy atom. The van der Waals surface area contributed by atoms with Crippen molar-refractivity contribution in [2.45, 2.75) is 0 Å². The zero-order chi connectivity index (χ0) is 9.10. The number of rotatable bonds is 1. The molecule has 2 aromatic heterocycles. The van der Waals surface area contributed by atoms with E-state index >= 15 is 0 Å². The van der Waals surface area contributed by atoms with E-state index in [1.165, 1.54) is 0 Å². The van der Waals surface area contributed by atoms with Gasteiger partial charge in [-0.25, -0.2) is 15.0 Å². The summed E-state index contributed by atoms with van der Waals surface area (Å²) < 4.78 is 0.789. The normalized spacial score (nSPS) is 9.92. The summed E-state index contributed by atoms with van der Waals surface area (Å²) in [6.45, 7) is 0. The van der Waals surface area contributed by atoms with Gasteiger partial charge in [0.1, 0.15) is 10.3 Å². The third-order valence-electron chi connectivity index (χ3n) is 1.51. The van der Waals surface area contributed by atoms with Gasteiger partial charge < -0.3 is 0 Å². The summed E-state index contributed by atoms with van der Waals surface area (Å²) in [7, 11) is 0. The fourth-order valence-corrected chi connectivity index (χ4v) is 1.31. The van der Waals surface area contributed by atoms with E-state index in [2.05, 4.69) is 30.9 Å². The van der Waals surface area contributed by atoms with Crippen molar-refractivity contribution in [1.29, 1.82) is 0 Å². The number of hydrogen-bond donors (Lipinski definition) is 0. The van der Waals surface area contributed by atoms with Crippen LogP contribution in [0.1, 0.15) is 0 Å². The van der Waals surface area contributed by atoms with Gasteiger partial charge >= 0.3 is 0 Å². The van der Waals surface area contributed by atoms with Crippen molar-refractivity contribution in [3.8, 4) is 11.5 Å². The van der Waals surface area contributed by atoms with E-state index in [4.69, 9.17) is 0 Å². The van der Waals surface area contributed by atoms with Crippen molar-refractivity contribution in [2.75, 3.05) is 0 Å². The van der Waals surface area contributed by atoms with Crippen LogP contribution in [0.2, 0.25) is 0 Å². The van der Waals surface area contributed by atoms with Crippen LogP contribution in [0, 0.1) is 0 Å². The predicted octanol–water partition coefficient (Wildman–Crippen LogP) is 2.30. The second kappa shape index (κ2) is 3.62. The van der Waals surface area contributed by atoms with E-state index in [9.17, 15) is 0 Å². The minimum atomic E-state index is 0.642. The van der Waals surface area contributed by atoms with E-state index in [0.717, 1.165) is 10.3 Å². The van der Waals surface area contributed by atoms with E-state index in [1.807, 2.05) is 18.2 Å². The van der Waals surface area contributed by atoms with E-state index in [0.29, 0.717) is 5.82 Å². The highest BCUT2D eigenvalue weighted by molar-refractivity contribution is 9.10. The largest absolute Gasteiger partial charge is 0.238 e. The molecular weight excluding hydrogens is 230 g/mol. The Hall–Kier alpha value is -1.29. The van der Waals surface area contributed by atoms with Crippen LogP contribution in [-0.4, -0.2) is 15.0 Å². The number of aromatic nitrogens is 3. The molecule has 3 nitrogen and oxygen atoms in total. The highest BCUT2D eigenvalue weighted by Gasteiger charge is 2.00. The Morgan fingerprint density at radius 1 is 1.00 bits per heavy atom. The lowest BCUT2D eigenvalue weighted by Gasteiger charge is -1.97. The molecule has 0 aliphatic carbocycles. The third kappa shape index (κ3) is 1.89. The number of hydrogen-bond acceptors (Lipinski definition) is 3. The molecule has 0 N–H and O–H groups in total. The molecule has 0 aliphatic rings. The Bertz CT molecular complexity index is 403. The first-order valence-electron chi connectivity index (χ1n) is 3.76. The molecule has 4 heteroatoms. The average molecular weight is 236 g/mol. The van der Waals surface area contributed by atoms with Gasteiger partial charge in [-0.2, -0.15) is 0 Å². The average Bonchev–Trinajstić information content (AvgIpc) is 2.19. The minimum absolute atomic E-state index is 0.642. The van der Waals surface area contributed by atoms with Crippen molar-refractivity contribution in [2.24, 2.45) is 0 Å². The fourth-order valence-electron chi connectivity index (χ4n) is 0.964. The Labute approximate surface area is 84.0 Å². The molecule has 0 radical (unpaired) electrons. The van der Waals surface area contributed by atoms with Gasteiger partial charge in [-0.15, -0.1) is 0 Å². The Kier molecular flexibility index (Phi) is 2.31. The minimum Gasteiger partial charge on any atom is -0.238 e. The van der Waals surface area contributed by atoms with E-state index < -0.39 is 0 Å². The fraction of sp³-hybridized carbons (Fsp3) is 0. The maximum absolute atomic E-state index is 4.24. The molecule has 2 rings (SSSR count). The first kappa shape index (κ1) is 8.31. The molecule has 0 spiro atoms. The maximum atomic E-state index is 4.24. The van der Waals surface area contributed by atoms with Crippen molar-refractivity contribution in [3.63, 3.8) is 0 Å². The van der Waals surface area contributed by atoms with Gasteiger partial charge in [-0.3, -0.25) is 0 Å². The molecule has 64 valence electrons. The monoisotopic (exact) mass is 235 g/mol. The summed E-state index contributed by atoms with van der Waals surface area (Å²) in [4.78, 5) is 12.4. The third-order valence-corrected chi connectivity index (χ3v) is 1.95. The summed E-state index contributed by atoms with van der Waals surface area (Å²) in [5.74, 6) is 0.642. The molecule has 0 fully saturated rings. The van der Waals surface area contributed by atoms with Gasteiger partial charge in [0.25, 0.3) is 0 Å². The predicted molar refractivity (Wildman–Crippen MR) is 53.0 cm³/mol. The highest BCUT2D eigenvalue weighted by atomic mass is 79.9. The summed E-state index contributed by atoms with van der Waals surface area (Å²) in [6, 6.07) is 7.43. The highest BCUT2D eigenvalue weighted by Crippen LogP contribution is 2.13. The lowest BCUT2D eigenvalue weighted by atomic mass is 10.3. The molecule has 0 saturated heterocycles. The smallest absolute Gasteiger partial charge is 0.178 e. The lowest BCUT2D eigenvalue weighted by Crippen LogP contribution is -1.89. The van der Waals surface area contributed by atoms with Crippen LogP contribution in [0.25, 0.3) is 11.5 Å². The van der Waals surface area contributed by atoms with Gasteiger partial charge in [0.2, 0.25) is 0 Å².